The molecule has 0 unspecified atom stereocenters. The molecular formula is C15H18Na2O5. The Bertz CT molecular complexity index is 477. The van der Waals surface area contributed by atoms with Gasteiger partial charge in [-0.15, -0.1) is 0 Å². The fourth-order valence-corrected chi connectivity index (χ4v) is 1.90. The number of ketones is 1. The zero-order valence-electron chi connectivity index (χ0n) is 13.5. The summed E-state index contributed by atoms with van der Waals surface area (Å²) in [4.78, 5) is 22.1. The smallest absolute Gasteiger partial charge is 0.872 e. The molecule has 0 heterocycles. The Kier molecular flexibility index (Phi) is 14.8. The van der Waals surface area contributed by atoms with E-state index in [-0.39, 0.29) is 82.6 Å². The Hall–Kier alpha value is -0.0400. The molecule has 0 N–H and O–H groups in total. The Morgan fingerprint density at radius 2 is 1.64 bits per heavy atom. The third-order valence-electron chi connectivity index (χ3n) is 3.02. The Morgan fingerprint density at radius 3 is 2.14 bits per heavy atom. The van der Waals surface area contributed by atoms with Crippen LogP contribution in [-0.4, -0.2) is 18.9 Å². The first-order valence-electron chi connectivity index (χ1n) is 6.62. The van der Waals surface area contributed by atoms with Gasteiger partial charge in [-0.1, -0.05) is 18.6 Å². The predicted octanol–water partition coefficient (Wildman–Crippen LogP) is -4.95. The van der Waals surface area contributed by atoms with Crippen LogP contribution >= 0.6 is 0 Å². The third kappa shape index (κ3) is 9.18. The molecule has 1 aromatic rings. The van der Waals surface area contributed by atoms with Crippen LogP contribution in [0.1, 0.15) is 48.9 Å². The van der Waals surface area contributed by atoms with Gasteiger partial charge in [0.2, 0.25) is 0 Å². The SMILES string of the molecule is COc1ccc(C(=O)CCCCCCC(=O)[O-])c([O-])c1.[Na+].[Na+]. The van der Waals surface area contributed by atoms with Gasteiger partial charge in [0.05, 0.1) is 7.11 Å². The first kappa shape index (κ1) is 24.2. The normalized spacial score (nSPS) is 9.32. The van der Waals surface area contributed by atoms with Gasteiger partial charge >= 0.3 is 59.1 Å². The number of methoxy groups -OCH3 is 1. The number of carboxylic acid groups (broad SMARTS) is 1. The van der Waals surface area contributed by atoms with Crippen molar-refractivity contribution >= 4 is 11.8 Å². The van der Waals surface area contributed by atoms with Crippen molar-refractivity contribution in [2.45, 2.75) is 38.5 Å². The quantitative estimate of drug-likeness (QED) is 0.258. The number of Topliss-reactive ketones (excluding diaryl/α,β-unsaturated/α-hetero) is 1. The number of aliphatic carboxylic acids is 1. The molecule has 0 fully saturated rings. The minimum absolute atomic E-state index is 0. The predicted molar refractivity (Wildman–Crippen MR) is 69.5 cm³/mol. The molecule has 0 bridgehead atoms. The number of hydrogen-bond donors (Lipinski definition) is 0. The summed E-state index contributed by atoms with van der Waals surface area (Å²) in [6.45, 7) is 0. The second-order valence-electron chi connectivity index (χ2n) is 4.57. The van der Waals surface area contributed by atoms with Crippen molar-refractivity contribution in [3.63, 3.8) is 0 Å². The number of carbonyl (C=O) groups is 2. The minimum Gasteiger partial charge on any atom is -0.872 e. The molecule has 0 saturated heterocycles. The van der Waals surface area contributed by atoms with E-state index < -0.39 is 5.97 Å². The van der Waals surface area contributed by atoms with Gasteiger partial charge < -0.3 is 19.7 Å². The van der Waals surface area contributed by atoms with Gasteiger partial charge in [-0.3, -0.25) is 4.79 Å². The van der Waals surface area contributed by atoms with E-state index in [0.29, 0.717) is 25.0 Å². The molecule has 0 radical (unpaired) electrons. The summed E-state index contributed by atoms with van der Waals surface area (Å²) in [6.07, 6.45) is 3.07. The van der Waals surface area contributed by atoms with Crippen LogP contribution in [0, 0.1) is 0 Å². The number of hydrogen-bond acceptors (Lipinski definition) is 5. The molecule has 1 rings (SSSR count). The molecule has 110 valence electrons. The van der Waals surface area contributed by atoms with Crippen LogP contribution in [0.3, 0.4) is 0 Å². The molecule has 7 heteroatoms. The topological polar surface area (TPSA) is 89.5 Å². The fourth-order valence-electron chi connectivity index (χ4n) is 1.90. The molecule has 22 heavy (non-hydrogen) atoms. The van der Waals surface area contributed by atoms with Crippen molar-refractivity contribution < 1.29 is 83.7 Å². The van der Waals surface area contributed by atoms with E-state index in [1.807, 2.05) is 0 Å². The summed E-state index contributed by atoms with van der Waals surface area (Å²) in [6, 6.07) is 4.38. The Balaban J connectivity index is 0. The summed E-state index contributed by atoms with van der Waals surface area (Å²) in [5.41, 5.74) is 0.181. The zero-order valence-corrected chi connectivity index (χ0v) is 17.5. The Labute approximate surface area is 175 Å². The molecule has 0 amide bonds. The van der Waals surface area contributed by atoms with Gasteiger partial charge in [0.25, 0.3) is 0 Å². The number of unbranched alkanes of at least 4 members (excludes halogenated alkanes) is 3. The third-order valence-corrected chi connectivity index (χ3v) is 3.02. The van der Waals surface area contributed by atoms with E-state index in [2.05, 4.69) is 0 Å². The van der Waals surface area contributed by atoms with E-state index in [0.717, 1.165) is 12.8 Å². The van der Waals surface area contributed by atoms with Crippen LogP contribution in [0.5, 0.6) is 11.5 Å². The largest absolute Gasteiger partial charge is 1.00 e. The van der Waals surface area contributed by atoms with Gasteiger partial charge in [0.15, 0.2) is 5.78 Å². The van der Waals surface area contributed by atoms with Crippen molar-refractivity contribution in [2.24, 2.45) is 0 Å². The monoisotopic (exact) mass is 324 g/mol. The molecule has 5 nitrogen and oxygen atoms in total. The van der Waals surface area contributed by atoms with Crippen molar-refractivity contribution in [3.05, 3.63) is 23.8 Å². The van der Waals surface area contributed by atoms with Crippen LogP contribution in [-0.2, 0) is 4.79 Å². The van der Waals surface area contributed by atoms with Crippen molar-refractivity contribution in [1.82, 2.24) is 0 Å². The van der Waals surface area contributed by atoms with Crippen molar-refractivity contribution in [2.75, 3.05) is 7.11 Å². The van der Waals surface area contributed by atoms with E-state index in [9.17, 15) is 19.8 Å². The van der Waals surface area contributed by atoms with Gasteiger partial charge in [-0.05, 0) is 37.5 Å². The van der Waals surface area contributed by atoms with Crippen LogP contribution in [0.15, 0.2) is 18.2 Å². The molecular weight excluding hydrogens is 306 g/mol. The van der Waals surface area contributed by atoms with E-state index >= 15 is 0 Å². The summed E-state index contributed by atoms with van der Waals surface area (Å²) in [5.74, 6) is -1.12. The van der Waals surface area contributed by atoms with Crippen molar-refractivity contribution in [1.29, 1.82) is 0 Å². The maximum atomic E-state index is 11.9. The molecule has 1 aromatic carbocycles. The zero-order chi connectivity index (χ0) is 15.0. The molecule has 0 spiro atoms. The molecule has 0 aliphatic rings. The van der Waals surface area contributed by atoms with E-state index in [1.54, 1.807) is 6.07 Å². The summed E-state index contributed by atoms with van der Waals surface area (Å²) in [5, 5.41) is 21.9. The Morgan fingerprint density at radius 1 is 1.05 bits per heavy atom. The van der Waals surface area contributed by atoms with Crippen molar-refractivity contribution in [3.8, 4) is 11.5 Å². The maximum Gasteiger partial charge on any atom is 1.00 e. The number of benzene rings is 1. The average molecular weight is 324 g/mol. The van der Waals surface area contributed by atoms with Gasteiger partial charge in [0, 0.05) is 18.0 Å². The maximum absolute atomic E-state index is 11.9. The van der Waals surface area contributed by atoms with Crippen LogP contribution < -0.4 is 74.1 Å². The van der Waals surface area contributed by atoms with Gasteiger partial charge in [-0.25, -0.2) is 0 Å². The standard InChI is InChI=1S/C15H20O5.2Na/c1-20-11-8-9-12(14(17)10-11)13(16)6-4-2-3-5-7-15(18)19;;/h8-10,17H,2-7H2,1H3,(H,18,19);;/q;2*+1/p-2. The van der Waals surface area contributed by atoms with Gasteiger partial charge in [0.1, 0.15) is 5.75 Å². The van der Waals surface area contributed by atoms with Crippen LogP contribution in [0.25, 0.3) is 0 Å². The molecule has 0 atom stereocenters. The van der Waals surface area contributed by atoms with Crippen LogP contribution in [0.2, 0.25) is 0 Å². The molecule has 0 aliphatic carbocycles. The summed E-state index contributed by atoms with van der Waals surface area (Å²) in [7, 11) is 1.46. The molecule has 0 aromatic heterocycles. The fraction of sp³-hybridized carbons (Fsp3) is 0.467. The van der Waals surface area contributed by atoms with Gasteiger partial charge in [-0.2, -0.15) is 0 Å². The first-order valence-corrected chi connectivity index (χ1v) is 6.62. The number of carboxylic acids is 1. The van der Waals surface area contributed by atoms with E-state index in [4.69, 9.17) is 4.74 Å². The number of ether oxygens (including phenoxy) is 1. The average Bonchev–Trinajstić information content (AvgIpc) is 2.41. The van der Waals surface area contributed by atoms with Crippen LogP contribution in [0.4, 0.5) is 0 Å². The number of rotatable bonds is 9. The first-order chi connectivity index (χ1) is 9.54. The summed E-state index contributed by atoms with van der Waals surface area (Å²) >= 11 is 0. The summed E-state index contributed by atoms with van der Waals surface area (Å²) < 4.78 is 4.91. The molecule has 0 aliphatic heterocycles. The number of carbonyl (C=O) groups excluding carboxylic acids is 2. The molecule has 0 saturated carbocycles. The van der Waals surface area contributed by atoms with E-state index in [1.165, 1.54) is 19.2 Å². The minimum atomic E-state index is -1.05. The second-order valence-corrected chi connectivity index (χ2v) is 4.57. The second kappa shape index (κ2) is 13.4.